The van der Waals surface area contributed by atoms with Crippen LogP contribution < -0.4 is 5.32 Å². The van der Waals surface area contributed by atoms with Crippen LogP contribution in [0, 0.1) is 13.8 Å². The van der Waals surface area contributed by atoms with Gasteiger partial charge in [-0.2, -0.15) is 0 Å². The second-order valence-electron chi connectivity index (χ2n) is 3.66. The molecule has 0 aliphatic carbocycles. The number of carbonyl (C=O) groups excluding carboxylic acids is 1. The molecular weight excluding hydrogens is 300 g/mol. The van der Waals surface area contributed by atoms with E-state index >= 15 is 0 Å². The number of benzene rings is 1. The van der Waals surface area contributed by atoms with Crippen molar-refractivity contribution in [3.8, 4) is 0 Å². The number of nitrogens with zero attached hydrogens (tertiary/aromatic N) is 1. The fraction of sp³-hybridized carbons (Fsp3) is 0.167. The minimum absolute atomic E-state index is 0.119. The van der Waals surface area contributed by atoms with E-state index in [1.165, 1.54) is 11.3 Å². The number of nitrogens with one attached hydrogen (secondary N) is 1. The molecule has 5 heteroatoms. The molecule has 0 aliphatic heterocycles. The lowest BCUT2D eigenvalue weighted by Gasteiger charge is -2.05. The minimum Gasteiger partial charge on any atom is -0.321 e. The predicted molar refractivity (Wildman–Crippen MR) is 73.7 cm³/mol. The summed E-state index contributed by atoms with van der Waals surface area (Å²) in [5, 5.41) is 3.73. The van der Waals surface area contributed by atoms with E-state index in [0.29, 0.717) is 4.88 Å². The third-order valence-electron chi connectivity index (χ3n) is 2.27. The molecule has 0 atom stereocenters. The molecule has 2 aromatic rings. The first-order valence-electron chi connectivity index (χ1n) is 5.06. The van der Waals surface area contributed by atoms with Crippen LogP contribution in [0.3, 0.4) is 0 Å². The second kappa shape index (κ2) is 4.98. The summed E-state index contributed by atoms with van der Waals surface area (Å²) in [5.41, 5.74) is 1.91. The van der Waals surface area contributed by atoms with Crippen molar-refractivity contribution in [2.45, 2.75) is 13.8 Å². The lowest BCUT2D eigenvalue weighted by atomic mass is 10.2. The van der Waals surface area contributed by atoms with Gasteiger partial charge < -0.3 is 5.32 Å². The van der Waals surface area contributed by atoms with Gasteiger partial charge in [-0.25, -0.2) is 4.98 Å². The Balaban J connectivity index is 2.15. The van der Waals surface area contributed by atoms with Gasteiger partial charge in [0.2, 0.25) is 0 Å². The van der Waals surface area contributed by atoms with Crippen molar-refractivity contribution in [3.05, 3.63) is 44.3 Å². The Morgan fingerprint density at radius 3 is 2.76 bits per heavy atom. The van der Waals surface area contributed by atoms with Crippen molar-refractivity contribution in [2.24, 2.45) is 0 Å². The molecule has 0 radical (unpaired) electrons. The molecule has 17 heavy (non-hydrogen) atoms. The Morgan fingerprint density at radius 2 is 2.18 bits per heavy atom. The van der Waals surface area contributed by atoms with Gasteiger partial charge in [0, 0.05) is 10.2 Å². The molecule has 3 nitrogen and oxygen atoms in total. The maximum absolute atomic E-state index is 11.9. The highest BCUT2D eigenvalue weighted by atomic mass is 79.9. The minimum atomic E-state index is -0.119. The Bertz CT molecular complexity index is 565. The zero-order chi connectivity index (χ0) is 12.4. The molecule has 1 heterocycles. The van der Waals surface area contributed by atoms with Crippen LogP contribution >= 0.6 is 27.3 Å². The molecule has 0 unspecified atom stereocenters. The van der Waals surface area contributed by atoms with E-state index in [2.05, 4.69) is 26.2 Å². The zero-order valence-electron chi connectivity index (χ0n) is 9.45. The summed E-state index contributed by atoms with van der Waals surface area (Å²) in [5.74, 6) is -0.119. The molecular formula is C12H11BrN2OS. The number of hydrogen-bond donors (Lipinski definition) is 1. The summed E-state index contributed by atoms with van der Waals surface area (Å²) in [7, 11) is 0. The van der Waals surface area contributed by atoms with Gasteiger partial charge in [0.15, 0.2) is 0 Å². The van der Waals surface area contributed by atoms with E-state index in [1.54, 1.807) is 6.20 Å². The van der Waals surface area contributed by atoms with Gasteiger partial charge in [0.1, 0.15) is 4.88 Å². The average molecular weight is 311 g/mol. The first kappa shape index (κ1) is 12.3. The lowest BCUT2D eigenvalue weighted by molar-refractivity contribution is 0.103. The summed E-state index contributed by atoms with van der Waals surface area (Å²) in [4.78, 5) is 16.6. The van der Waals surface area contributed by atoms with Crippen molar-refractivity contribution in [1.82, 2.24) is 4.98 Å². The summed E-state index contributed by atoms with van der Waals surface area (Å²) in [6.45, 7) is 3.88. The number of rotatable bonds is 2. The standard InChI is InChI=1S/C12H11BrN2OS/c1-7-3-4-9(5-10(7)13)15-12(16)11-6-14-8(2)17-11/h3-6H,1-2H3,(H,15,16). The quantitative estimate of drug-likeness (QED) is 0.917. The van der Waals surface area contributed by atoms with Gasteiger partial charge in [-0.1, -0.05) is 22.0 Å². The third-order valence-corrected chi connectivity index (χ3v) is 4.04. The van der Waals surface area contributed by atoms with E-state index in [9.17, 15) is 4.79 Å². The van der Waals surface area contributed by atoms with Crippen LogP contribution in [-0.2, 0) is 0 Å². The van der Waals surface area contributed by atoms with Crippen molar-refractivity contribution < 1.29 is 4.79 Å². The summed E-state index contributed by atoms with van der Waals surface area (Å²) >= 11 is 4.82. The van der Waals surface area contributed by atoms with Crippen molar-refractivity contribution in [3.63, 3.8) is 0 Å². The van der Waals surface area contributed by atoms with Gasteiger partial charge in [0.05, 0.1) is 11.2 Å². The fourth-order valence-corrected chi connectivity index (χ4v) is 2.38. The van der Waals surface area contributed by atoms with Gasteiger partial charge in [-0.05, 0) is 31.5 Å². The Kier molecular flexibility index (Phi) is 3.59. The number of hydrogen-bond acceptors (Lipinski definition) is 3. The fourth-order valence-electron chi connectivity index (χ4n) is 1.33. The monoisotopic (exact) mass is 310 g/mol. The Morgan fingerprint density at radius 1 is 1.41 bits per heavy atom. The average Bonchev–Trinajstić information content (AvgIpc) is 2.70. The van der Waals surface area contributed by atoms with Crippen LogP contribution in [0.25, 0.3) is 0 Å². The molecule has 0 spiro atoms. The molecule has 2 rings (SSSR count). The number of aryl methyl sites for hydroxylation is 2. The smallest absolute Gasteiger partial charge is 0.267 e. The molecule has 0 bridgehead atoms. The van der Waals surface area contributed by atoms with Crippen molar-refractivity contribution >= 4 is 38.9 Å². The number of aromatic nitrogens is 1. The van der Waals surface area contributed by atoms with Crippen LogP contribution in [-0.4, -0.2) is 10.9 Å². The van der Waals surface area contributed by atoms with E-state index in [-0.39, 0.29) is 5.91 Å². The maximum atomic E-state index is 11.9. The summed E-state index contributed by atoms with van der Waals surface area (Å²) in [6, 6.07) is 5.73. The molecule has 88 valence electrons. The third kappa shape index (κ3) is 2.92. The summed E-state index contributed by atoms with van der Waals surface area (Å²) < 4.78 is 0.982. The van der Waals surface area contributed by atoms with Gasteiger partial charge >= 0.3 is 0 Å². The first-order valence-corrected chi connectivity index (χ1v) is 6.67. The Labute approximate surface area is 112 Å². The van der Waals surface area contributed by atoms with Crippen molar-refractivity contribution in [2.75, 3.05) is 5.32 Å². The van der Waals surface area contributed by atoms with Crippen LogP contribution in [0.5, 0.6) is 0 Å². The number of thiazole rings is 1. The zero-order valence-corrected chi connectivity index (χ0v) is 11.9. The molecule has 0 saturated carbocycles. The van der Waals surface area contributed by atoms with Crippen LogP contribution in [0.15, 0.2) is 28.9 Å². The summed E-state index contributed by atoms with van der Waals surface area (Å²) in [6.07, 6.45) is 1.60. The first-order chi connectivity index (χ1) is 8.06. The molecule has 1 aromatic carbocycles. The normalized spacial score (nSPS) is 10.3. The lowest BCUT2D eigenvalue weighted by Crippen LogP contribution is -2.10. The van der Waals surface area contributed by atoms with E-state index < -0.39 is 0 Å². The van der Waals surface area contributed by atoms with E-state index in [0.717, 1.165) is 20.7 Å². The molecule has 1 N–H and O–H groups in total. The molecule has 1 aromatic heterocycles. The SMILES string of the molecule is Cc1ncc(C(=O)Nc2ccc(C)c(Br)c2)s1. The van der Waals surface area contributed by atoms with Gasteiger partial charge in [-0.15, -0.1) is 11.3 Å². The highest BCUT2D eigenvalue weighted by molar-refractivity contribution is 9.10. The van der Waals surface area contributed by atoms with Crippen LogP contribution in [0.1, 0.15) is 20.2 Å². The second-order valence-corrected chi connectivity index (χ2v) is 5.75. The van der Waals surface area contributed by atoms with E-state index in [4.69, 9.17) is 0 Å². The number of amides is 1. The molecule has 1 amide bonds. The van der Waals surface area contributed by atoms with Crippen molar-refractivity contribution in [1.29, 1.82) is 0 Å². The van der Waals surface area contributed by atoms with Gasteiger partial charge in [-0.3, -0.25) is 4.79 Å². The maximum Gasteiger partial charge on any atom is 0.267 e. The molecule has 0 fully saturated rings. The number of halogens is 1. The van der Waals surface area contributed by atoms with Gasteiger partial charge in [0.25, 0.3) is 5.91 Å². The largest absolute Gasteiger partial charge is 0.321 e. The van der Waals surface area contributed by atoms with E-state index in [1.807, 2.05) is 32.0 Å². The van der Waals surface area contributed by atoms with Crippen LogP contribution in [0.4, 0.5) is 5.69 Å². The molecule has 0 saturated heterocycles. The highest BCUT2D eigenvalue weighted by Crippen LogP contribution is 2.21. The predicted octanol–water partition coefficient (Wildman–Crippen LogP) is 3.77. The van der Waals surface area contributed by atoms with Crippen LogP contribution in [0.2, 0.25) is 0 Å². The highest BCUT2D eigenvalue weighted by Gasteiger charge is 2.09. The number of carbonyl (C=O) groups is 1. The number of anilines is 1. The molecule has 0 aliphatic rings. The topological polar surface area (TPSA) is 42.0 Å². The Hall–Kier alpha value is -1.20.